The molecular weight excluding hydrogens is 323 g/mol. The van der Waals surface area contributed by atoms with Crippen LogP contribution in [0.5, 0.6) is 0 Å². The molecule has 0 bridgehead atoms. The highest BCUT2D eigenvalue weighted by atomic mass is 19.4. The van der Waals surface area contributed by atoms with Gasteiger partial charge in [0.25, 0.3) is 5.89 Å². The van der Waals surface area contributed by atoms with Gasteiger partial charge < -0.3 is 19.3 Å². The number of aromatic nitrogens is 2. The summed E-state index contributed by atoms with van der Waals surface area (Å²) in [4.78, 5) is 27.5. The molecule has 0 aliphatic carbocycles. The Bertz CT molecular complexity index is 589. The van der Waals surface area contributed by atoms with Crippen LogP contribution in [0.3, 0.4) is 0 Å². The van der Waals surface area contributed by atoms with E-state index >= 15 is 0 Å². The molecule has 1 aromatic rings. The van der Waals surface area contributed by atoms with Crippen LogP contribution in [0.1, 0.15) is 11.7 Å². The van der Waals surface area contributed by atoms with Gasteiger partial charge in [-0.05, 0) is 6.92 Å². The average Bonchev–Trinajstić information content (AvgIpc) is 3.04. The topological polar surface area (TPSA) is 106 Å². The number of alkyl halides is 3. The lowest BCUT2D eigenvalue weighted by Gasteiger charge is -2.18. The Balaban J connectivity index is 1.88. The van der Waals surface area contributed by atoms with E-state index in [1.165, 1.54) is 0 Å². The molecule has 1 N–H and O–H groups in total. The molecule has 0 unspecified atom stereocenters. The Hall–Kier alpha value is -2.17. The Labute approximate surface area is 128 Å². The fraction of sp³-hybridized carbons (Fsp3) is 0.667. The predicted molar refractivity (Wildman–Crippen MR) is 65.9 cm³/mol. The van der Waals surface area contributed by atoms with E-state index in [1.54, 1.807) is 6.92 Å². The van der Waals surface area contributed by atoms with Crippen molar-refractivity contribution in [3.05, 3.63) is 11.7 Å². The number of ether oxygens (including phenoxy) is 1. The standard InChI is InChI=1S/C12H14F3N3O5/c1-6-16-9(23-17-6)4-22-5-10(19)18-2-7(11(20)21)8(3-18)12(13,14)15/h7-8H,2-5H2,1H3,(H,20,21)/t7-,8-/m1/s1. The van der Waals surface area contributed by atoms with Gasteiger partial charge in [-0.15, -0.1) is 0 Å². The molecule has 0 spiro atoms. The SMILES string of the molecule is Cc1noc(COCC(=O)N2C[C@@H](C(F)(F)F)[C@H](C(=O)O)C2)n1. The second-order valence-corrected chi connectivity index (χ2v) is 5.12. The number of hydrogen-bond acceptors (Lipinski definition) is 6. The van der Waals surface area contributed by atoms with Gasteiger partial charge in [-0.25, -0.2) is 0 Å². The number of hydrogen-bond donors (Lipinski definition) is 1. The van der Waals surface area contributed by atoms with Gasteiger partial charge in [0.05, 0.1) is 11.8 Å². The van der Waals surface area contributed by atoms with E-state index in [2.05, 4.69) is 10.1 Å². The van der Waals surface area contributed by atoms with Crippen molar-refractivity contribution in [3.8, 4) is 0 Å². The number of nitrogens with zero attached hydrogens (tertiary/aromatic N) is 3. The molecular formula is C12H14F3N3O5. The van der Waals surface area contributed by atoms with Crippen molar-refractivity contribution in [2.75, 3.05) is 19.7 Å². The smallest absolute Gasteiger partial charge is 0.394 e. The average molecular weight is 337 g/mol. The molecule has 2 rings (SSSR count). The second-order valence-electron chi connectivity index (χ2n) is 5.12. The number of amides is 1. The molecule has 1 aliphatic heterocycles. The number of likely N-dealkylation sites (tertiary alicyclic amines) is 1. The maximum atomic E-state index is 12.8. The van der Waals surface area contributed by atoms with Crippen molar-refractivity contribution in [2.24, 2.45) is 11.8 Å². The van der Waals surface area contributed by atoms with Crippen LogP contribution in [-0.2, 0) is 20.9 Å². The van der Waals surface area contributed by atoms with Crippen LogP contribution in [0.25, 0.3) is 0 Å². The molecule has 1 fully saturated rings. The zero-order valence-corrected chi connectivity index (χ0v) is 12.0. The van der Waals surface area contributed by atoms with Crippen LogP contribution in [0.2, 0.25) is 0 Å². The summed E-state index contributed by atoms with van der Waals surface area (Å²) in [5.74, 6) is -5.54. The van der Waals surface area contributed by atoms with E-state index in [0.29, 0.717) is 5.82 Å². The highest BCUT2D eigenvalue weighted by molar-refractivity contribution is 5.80. The highest BCUT2D eigenvalue weighted by Crippen LogP contribution is 2.37. The van der Waals surface area contributed by atoms with Crippen LogP contribution in [0.15, 0.2) is 4.52 Å². The molecule has 0 aromatic carbocycles. The third kappa shape index (κ3) is 4.18. The molecule has 2 heterocycles. The normalized spacial score (nSPS) is 21.7. The summed E-state index contributed by atoms with van der Waals surface area (Å²) >= 11 is 0. The van der Waals surface area contributed by atoms with Crippen molar-refractivity contribution in [1.82, 2.24) is 15.0 Å². The highest BCUT2D eigenvalue weighted by Gasteiger charge is 2.53. The fourth-order valence-corrected chi connectivity index (χ4v) is 2.30. The number of aryl methyl sites for hydroxylation is 1. The summed E-state index contributed by atoms with van der Waals surface area (Å²) in [5.41, 5.74) is 0. The van der Waals surface area contributed by atoms with Crippen molar-refractivity contribution in [1.29, 1.82) is 0 Å². The van der Waals surface area contributed by atoms with Crippen molar-refractivity contribution in [3.63, 3.8) is 0 Å². The maximum Gasteiger partial charge on any atom is 0.394 e. The molecule has 1 saturated heterocycles. The van der Waals surface area contributed by atoms with E-state index in [1.807, 2.05) is 0 Å². The van der Waals surface area contributed by atoms with Crippen LogP contribution in [0.4, 0.5) is 13.2 Å². The Morgan fingerprint density at radius 3 is 2.61 bits per heavy atom. The second kappa shape index (κ2) is 6.52. The number of carboxylic acids is 1. The first-order valence-electron chi connectivity index (χ1n) is 6.62. The minimum Gasteiger partial charge on any atom is -0.481 e. The van der Waals surface area contributed by atoms with Crippen LogP contribution in [-0.4, -0.2) is 57.9 Å². The van der Waals surface area contributed by atoms with Crippen LogP contribution < -0.4 is 0 Å². The Morgan fingerprint density at radius 2 is 2.13 bits per heavy atom. The molecule has 0 radical (unpaired) electrons. The van der Waals surface area contributed by atoms with E-state index in [9.17, 15) is 22.8 Å². The number of aliphatic carboxylic acids is 1. The molecule has 1 amide bonds. The summed E-state index contributed by atoms with van der Waals surface area (Å²) in [5, 5.41) is 12.4. The Morgan fingerprint density at radius 1 is 1.43 bits per heavy atom. The zero-order valence-electron chi connectivity index (χ0n) is 12.0. The summed E-state index contributed by atoms with van der Waals surface area (Å²) in [6, 6.07) is 0. The summed E-state index contributed by atoms with van der Waals surface area (Å²) in [6.07, 6.45) is -4.68. The molecule has 23 heavy (non-hydrogen) atoms. The largest absolute Gasteiger partial charge is 0.481 e. The molecule has 0 saturated carbocycles. The third-order valence-corrected chi connectivity index (χ3v) is 3.43. The lowest BCUT2D eigenvalue weighted by molar-refractivity contribution is -0.188. The van der Waals surface area contributed by atoms with Crippen molar-refractivity contribution >= 4 is 11.9 Å². The minimum absolute atomic E-state index is 0.133. The van der Waals surface area contributed by atoms with Gasteiger partial charge in [0.1, 0.15) is 13.2 Å². The van der Waals surface area contributed by atoms with Gasteiger partial charge in [0.15, 0.2) is 5.82 Å². The number of rotatable bonds is 5. The van der Waals surface area contributed by atoms with Gasteiger partial charge in [-0.1, -0.05) is 5.16 Å². The molecule has 1 aliphatic rings. The van der Waals surface area contributed by atoms with Crippen molar-refractivity contribution < 1.29 is 37.1 Å². The van der Waals surface area contributed by atoms with Gasteiger partial charge >= 0.3 is 12.1 Å². The van der Waals surface area contributed by atoms with Crippen molar-refractivity contribution in [2.45, 2.75) is 19.7 Å². The Kier molecular flexibility index (Phi) is 4.88. The number of carbonyl (C=O) groups excluding carboxylic acids is 1. The van der Waals surface area contributed by atoms with E-state index < -0.39 is 49.6 Å². The van der Waals surface area contributed by atoms with Gasteiger partial charge in [-0.2, -0.15) is 18.2 Å². The molecule has 128 valence electrons. The van der Waals surface area contributed by atoms with Crippen LogP contribution in [0, 0.1) is 18.8 Å². The molecule has 1 aromatic heterocycles. The third-order valence-electron chi connectivity index (χ3n) is 3.43. The number of halogens is 3. The van der Waals surface area contributed by atoms with Gasteiger partial charge in [0.2, 0.25) is 5.91 Å². The molecule has 11 heteroatoms. The lowest BCUT2D eigenvalue weighted by Crippen LogP contribution is -2.34. The fourth-order valence-electron chi connectivity index (χ4n) is 2.30. The van der Waals surface area contributed by atoms with E-state index in [0.717, 1.165) is 4.90 Å². The lowest BCUT2D eigenvalue weighted by atomic mass is 9.96. The van der Waals surface area contributed by atoms with E-state index in [-0.39, 0.29) is 12.5 Å². The zero-order chi connectivity index (χ0) is 17.2. The summed E-state index contributed by atoms with van der Waals surface area (Å²) < 4.78 is 48.2. The van der Waals surface area contributed by atoms with Crippen LogP contribution >= 0.6 is 0 Å². The monoisotopic (exact) mass is 337 g/mol. The molecule has 2 atom stereocenters. The summed E-state index contributed by atoms with van der Waals surface area (Å²) in [6.45, 7) is -0.265. The van der Waals surface area contributed by atoms with E-state index in [4.69, 9.17) is 14.4 Å². The first kappa shape index (κ1) is 17.2. The summed E-state index contributed by atoms with van der Waals surface area (Å²) in [7, 11) is 0. The predicted octanol–water partition coefficient (Wildman–Crippen LogP) is 0.616. The maximum absolute atomic E-state index is 12.8. The first-order valence-corrected chi connectivity index (χ1v) is 6.62. The number of carbonyl (C=O) groups is 2. The number of carboxylic acid groups (broad SMARTS) is 1. The first-order chi connectivity index (χ1) is 10.7. The molecule has 8 nitrogen and oxygen atoms in total. The quantitative estimate of drug-likeness (QED) is 0.839. The van der Waals surface area contributed by atoms with Gasteiger partial charge in [-0.3, -0.25) is 9.59 Å². The van der Waals surface area contributed by atoms with Gasteiger partial charge in [0, 0.05) is 13.1 Å². The minimum atomic E-state index is -4.68.